The first kappa shape index (κ1) is 24.9. The predicted octanol–water partition coefficient (Wildman–Crippen LogP) is 5.50. The van der Waals surface area contributed by atoms with Crippen molar-refractivity contribution in [2.24, 2.45) is 11.8 Å². The van der Waals surface area contributed by atoms with Crippen molar-refractivity contribution < 1.29 is 29.1 Å². The lowest BCUT2D eigenvalue weighted by atomic mass is 10.00. The van der Waals surface area contributed by atoms with Crippen molar-refractivity contribution in [2.45, 2.75) is 105 Å². The Morgan fingerprint density at radius 1 is 0.769 bits per heavy atom. The molecule has 0 saturated heterocycles. The van der Waals surface area contributed by atoms with Crippen LogP contribution in [0.1, 0.15) is 99.3 Å². The van der Waals surface area contributed by atoms with E-state index in [0.29, 0.717) is 19.3 Å². The van der Waals surface area contributed by atoms with E-state index in [1.165, 1.54) is 0 Å². The number of hydrogen-bond donors (Lipinski definition) is 0. The molecule has 0 aromatic heterocycles. The second-order valence-corrected chi connectivity index (χ2v) is 6.95. The first-order chi connectivity index (χ1) is 12.4. The molecule has 154 valence electrons. The van der Waals surface area contributed by atoms with Crippen molar-refractivity contribution in [3.05, 3.63) is 0 Å². The summed E-state index contributed by atoms with van der Waals surface area (Å²) in [5.41, 5.74) is 0. The fourth-order valence-corrected chi connectivity index (χ4v) is 2.40. The number of hydrogen-bond acceptors (Lipinski definition) is 6. The third-order valence-corrected chi connectivity index (χ3v) is 4.71. The molecular weight excluding hydrogens is 336 g/mol. The number of carbonyl (C=O) groups excluding carboxylic acids is 2. The second-order valence-electron chi connectivity index (χ2n) is 6.95. The van der Waals surface area contributed by atoms with Crippen LogP contribution in [0.4, 0.5) is 0 Å². The summed E-state index contributed by atoms with van der Waals surface area (Å²) in [4.78, 5) is 44.6. The molecule has 0 fully saturated rings. The van der Waals surface area contributed by atoms with Gasteiger partial charge in [-0.05, 0) is 32.6 Å². The molecule has 0 spiro atoms. The SMILES string of the molecule is CCCCC(CC)C(=O)OOC(C)(CC)OOC(=O)C(CC)CCCC. The van der Waals surface area contributed by atoms with E-state index in [9.17, 15) is 9.59 Å². The molecule has 0 aromatic rings. The molecule has 0 aliphatic rings. The van der Waals surface area contributed by atoms with Crippen molar-refractivity contribution in [1.29, 1.82) is 0 Å². The Morgan fingerprint density at radius 2 is 1.15 bits per heavy atom. The van der Waals surface area contributed by atoms with Crippen LogP contribution in [0.3, 0.4) is 0 Å². The molecule has 0 aliphatic carbocycles. The third-order valence-electron chi connectivity index (χ3n) is 4.71. The minimum Gasteiger partial charge on any atom is -0.295 e. The summed E-state index contributed by atoms with van der Waals surface area (Å²) < 4.78 is 0. The molecule has 0 heterocycles. The highest BCUT2D eigenvalue weighted by molar-refractivity contribution is 5.72. The maximum Gasteiger partial charge on any atom is 0.345 e. The van der Waals surface area contributed by atoms with Crippen molar-refractivity contribution in [3.63, 3.8) is 0 Å². The van der Waals surface area contributed by atoms with Gasteiger partial charge in [0.15, 0.2) is 0 Å². The van der Waals surface area contributed by atoms with Gasteiger partial charge in [0.1, 0.15) is 0 Å². The Kier molecular flexibility index (Phi) is 13.4. The topological polar surface area (TPSA) is 71.1 Å². The van der Waals surface area contributed by atoms with E-state index in [1.54, 1.807) is 13.8 Å². The molecular formula is C20H38O6. The van der Waals surface area contributed by atoms with Gasteiger partial charge in [-0.15, -0.1) is 9.78 Å². The highest BCUT2D eigenvalue weighted by atomic mass is 17.3. The van der Waals surface area contributed by atoms with Gasteiger partial charge in [0, 0.05) is 6.42 Å². The summed E-state index contributed by atoms with van der Waals surface area (Å²) in [6.07, 6.45) is 7.23. The van der Waals surface area contributed by atoms with Crippen molar-refractivity contribution in [1.82, 2.24) is 0 Å². The van der Waals surface area contributed by atoms with Gasteiger partial charge in [-0.2, -0.15) is 0 Å². The summed E-state index contributed by atoms with van der Waals surface area (Å²) >= 11 is 0. The van der Waals surface area contributed by atoms with Gasteiger partial charge >= 0.3 is 11.9 Å². The van der Waals surface area contributed by atoms with Gasteiger partial charge in [0.25, 0.3) is 5.79 Å². The summed E-state index contributed by atoms with van der Waals surface area (Å²) in [7, 11) is 0. The maximum atomic E-state index is 12.1. The first-order valence-electron chi connectivity index (χ1n) is 10.2. The molecule has 26 heavy (non-hydrogen) atoms. The van der Waals surface area contributed by atoms with Gasteiger partial charge in [-0.3, -0.25) is 9.78 Å². The van der Waals surface area contributed by atoms with Crippen LogP contribution in [0.25, 0.3) is 0 Å². The normalized spacial score (nSPS) is 15.8. The summed E-state index contributed by atoms with van der Waals surface area (Å²) in [6, 6.07) is 0. The molecule has 2 unspecified atom stereocenters. The van der Waals surface area contributed by atoms with Crippen LogP contribution in [-0.2, 0) is 29.1 Å². The van der Waals surface area contributed by atoms with Crippen LogP contribution in [0.5, 0.6) is 0 Å². The largest absolute Gasteiger partial charge is 0.345 e. The molecule has 0 saturated carbocycles. The van der Waals surface area contributed by atoms with Crippen LogP contribution in [-0.4, -0.2) is 17.7 Å². The van der Waals surface area contributed by atoms with E-state index in [-0.39, 0.29) is 11.8 Å². The van der Waals surface area contributed by atoms with E-state index in [1.807, 2.05) is 13.8 Å². The Morgan fingerprint density at radius 3 is 1.42 bits per heavy atom. The molecule has 6 heteroatoms. The van der Waals surface area contributed by atoms with Crippen molar-refractivity contribution in [2.75, 3.05) is 0 Å². The fraction of sp³-hybridized carbons (Fsp3) is 0.900. The number of rotatable bonds is 15. The lowest BCUT2D eigenvalue weighted by Crippen LogP contribution is -2.35. The van der Waals surface area contributed by atoms with E-state index in [4.69, 9.17) is 19.6 Å². The van der Waals surface area contributed by atoms with Crippen molar-refractivity contribution in [3.8, 4) is 0 Å². The van der Waals surface area contributed by atoms with E-state index >= 15 is 0 Å². The maximum absolute atomic E-state index is 12.1. The fourth-order valence-electron chi connectivity index (χ4n) is 2.40. The minimum atomic E-state index is -1.32. The molecule has 0 bridgehead atoms. The monoisotopic (exact) mass is 374 g/mol. The Balaban J connectivity index is 4.53. The van der Waals surface area contributed by atoms with Crippen LogP contribution < -0.4 is 0 Å². The van der Waals surface area contributed by atoms with Crippen LogP contribution in [0.15, 0.2) is 0 Å². The second kappa shape index (κ2) is 14.0. The van der Waals surface area contributed by atoms with Crippen LogP contribution in [0.2, 0.25) is 0 Å². The summed E-state index contributed by atoms with van der Waals surface area (Å²) in [5.74, 6) is -2.54. The zero-order chi connectivity index (χ0) is 20.0. The van der Waals surface area contributed by atoms with E-state index in [0.717, 1.165) is 38.5 Å². The Hall–Kier alpha value is -1.14. The van der Waals surface area contributed by atoms with Gasteiger partial charge in [-0.1, -0.05) is 60.3 Å². The molecule has 2 atom stereocenters. The van der Waals surface area contributed by atoms with Crippen LogP contribution in [0, 0.1) is 11.8 Å². The predicted molar refractivity (Wildman–Crippen MR) is 99.7 cm³/mol. The smallest absolute Gasteiger partial charge is 0.295 e. The highest BCUT2D eigenvalue weighted by Crippen LogP contribution is 2.23. The van der Waals surface area contributed by atoms with Gasteiger partial charge in [-0.25, -0.2) is 9.59 Å². The average molecular weight is 375 g/mol. The molecule has 0 rings (SSSR count). The van der Waals surface area contributed by atoms with E-state index in [2.05, 4.69) is 13.8 Å². The lowest BCUT2D eigenvalue weighted by molar-refractivity contribution is -0.478. The zero-order valence-corrected chi connectivity index (χ0v) is 17.5. The summed E-state index contributed by atoms with van der Waals surface area (Å²) in [6.45, 7) is 11.4. The van der Waals surface area contributed by atoms with Crippen LogP contribution >= 0.6 is 0 Å². The molecule has 0 radical (unpaired) electrons. The molecule has 0 amide bonds. The molecule has 0 aliphatic heterocycles. The van der Waals surface area contributed by atoms with Gasteiger partial charge in [0.2, 0.25) is 0 Å². The summed E-state index contributed by atoms with van der Waals surface area (Å²) in [5, 5.41) is 0. The van der Waals surface area contributed by atoms with Gasteiger partial charge < -0.3 is 0 Å². The molecule has 0 aromatic carbocycles. The van der Waals surface area contributed by atoms with Crippen molar-refractivity contribution >= 4 is 11.9 Å². The quantitative estimate of drug-likeness (QED) is 0.214. The molecule has 6 nitrogen and oxygen atoms in total. The average Bonchev–Trinajstić information content (AvgIpc) is 2.65. The third kappa shape index (κ3) is 9.53. The van der Waals surface area contributed by atoms with E-state index < -0.39 is 17.7 Å². The zero-order valence-electron chi connectivity index (χ0n) is 17.5. The number of unbranched alkanes of at least 4 members (excludes halogenated alkanes) is 2. The number of carbonyl (C=O) groups is 2. The Bertz CT molecular complexity index is 364. The molecule has 0 N–H and O–H groups in total. The van der Waals surface area contributed by atoms with Gasteiger partial charge in [0.05, 0.1) is 11.8 Å². The Labute approximate surface area is 158 Å². The lowest BCUT2D eigenvalue weighted by Gasteiger charge is -2.25. The first-order valence-corrected chi connectivity index (χ1v) is 10.2. The highest BCUT2D eigenvalue weighted by Gasteiger charge is 2.33. The standard InChI is InChI=1S/C20H38O6/c1-7-12-14-16(9-3)18(21)23-25-20(6,11-5)26-24-19(22)17(10-4)15-13-8-2/h16-17H,7-15H2,1-6H3. The minimum absolute atomic E-state index is 0.197.